The van der Waals surface area contributed by atoms with E-state index in [1.54, 1.807) is 6.92 Å². The molecule has 1 aliphatic carbocycles. The Kier molecular flexibility index (Phi) is 3.43. The number of nitrogens with zero attached hydrogens (tertiary/aromatic N) is 1. The minimum atomic E-state index is -0.326. The highest BCUT2D eigenvalue weighted by molar-refractivity contribution is 5.85. The molecular formula is C10H19ClN2O. The first-order chi connectivity index (χ1) is 6.13. The smallest absolute Gasteiger partial charge is 0.239 e. The number of nitrogens with two attached hydrogens (primary N) is 1. The highest BCUT2D eigenvalue weighted by atomic mass is 35.5. The second kappa shape index (κ2) is 4.07. The normalized spacial score (nSPS) is 25.4. The fourth-order valence-corrected chi connectivity index (χ4v) is 2.17. The lowest BCUT2D eigenvalue weighted by Gasteiger charge is -2.33. The van der Waals surface area contributed by atoms with E-state index in [1.807, 2.05) is 4.90 Å². The average molecular weight is 219 g/mol. The summed E-state index contributed by atoms with van der Waals surface area (Å²) < 4.78 is 0. The van der Waals surface area contributed by atoms with Gasteiger partial charge in [-0.1, -0.05) is 0 Å². The van der Waals surface area contributed by atoms with Crippen LogP contribution in [0.5, 0.6) is 0 Å². The summed E-state index contributed by atoms with van der Waals surface area (Å²) in [6.45, 7) is 3.63. The molecule has 4 heteroatoms. The number of rotatable bonds is 1. The minimum absolute atomic E-state index is 0. The Hall–Kier alpha value is -0.280. The van der Waals surface area contributed by atoms with Crippen LogP contribution in [0.25, 0.3) is 0 Å². The number of carbonyl (C=O) groups is 1. The summed E-state index contributed by atoms with van der Waals surface area (Å²) in [5.74, 6) is 0.121. The molecule has 1 amide bonds. The summed E-state index contributed by atoms with van der Waals surface area (Å²) in [5.41, 5.74) is 6.21. The number of carbonyl (C=O) groups excluding carboxylic acids is 1. The first-order valence-corrected chi connectivity index (χ1v) is 5.17. The zero-order chi connectivity index (χ0) is 9.47. The third-order valence-corrected chi connectivity index (χ3v) is 3.48. The predicted molar refractivity (Wildman–Crippen MR) is 58.4 cm³/mol. The number of halogens is 1. The zero-order valence-electron chi connectivity index (χ0n) is 8.66. The second-order valence-corrected chi connectivity index (χ2v) is 4.61. The van der Waals surface area contributed by atoms with Crippen molar-refractivity contribution in [2.45, 2.75) is 38.6 Å². The van der Waals surface area contributed by atoms with Gasteiger partial charge in [0.1, 0.15) is 0 Å². The Labute approximate surface area is 91.4 Å². The van der Waals surface area contributed by atoms with Gasteiger partial charge in [-0.25, -0.2) is 0 Å². The molecule has 0 aromatic rings. The lowest BCUT2D eigenvalue weighted by atomic mass is 9.93. The molecule has 1 saturated carbocycles. The molecule has 1 atom stereocenters. The minimum Gasteiger partial charge on any atom is -0.341 e. The molecule has 0 aromatic heterocycles. The summed E-state index contributed by atoms with van der Waals surface area (Å²) in [7, 11) is 0. The molecule has 2 aliphatic rings. The molecule has 1 unspecified atom stereocenters. The number of hydrogen-bond donors (Lipinski definition) is 1. The van der Waals surface area contributed by atoms with Crippen molar-refractivity contribution in [3.05, 3.63) is 0 Å². The van der Waals surface area contributed by atoms with Gasteiger partial charge in [-0.05, 0) is 38.0 Å². The standard InChI is InChI=1S/C10H18N2O.ClH/c1-8(11)9(13)12-6-4-10(2-3-10)5-7-12;/h8H,2-7,11H2,1H3;1H. The maximum Gasteiger partial charge on any atom is 0.239 e. The Morgan fingerprint density at radius 2 is 1.79 bits per heavy atom. The van der Waals surface area contributed by atoms with Gasteiger partial charge in [0.05, 0.1) is 6.04 Å². The van der Waals surface area contributed by atoms with Crippen LogP contribution < -0.4 is 5.73 Å². The lowest BCUT2D eigenvalue weighted by Crippen LogP contribution is -2.46. The molecule has 0 bridgehead atoms. The van der Waals surface area contributed by atoms with Crippen molar-refractivity contribution in [1.29, 1.82) is 0 Å². The highest BCUT2D eigenvalue weighted by Crippen LogP contribution is 2.53. The maximum atomic E-state index is 11.5. The van der Waals surface area contributed by atoms with E-state index in [2.05, 4.69) is 0 Å². The van der Waals surface area contributed by atoms with Crippen molar-refractivity contribution in [1.82, 2.24) is 4.90 Å². The molecule has 1 saturated heterocycles. The Bertz CT molecular complexity index is 216. The van der Waals surface area contributed by atoms with Gasteiger partial charge in [0.2, 0.25) is 5.91 Å². The molecule has 1 aliphatic heterocycles. The first kappa shape index (κ1) is 11.8. The molecule has 14 heavy (non-hydrogen) atoms. The zero-order valence-corrected chi connectivity index (χ0v) is 9.48. The van der Waals surface area contributed by atoms with Gasteiger partial charge >= 0.3 is 0 Å². The Morgan fingerprint density at radius 1 is 1.29 bits per heavy atom. The largest absolute Gasteiger partial charge is 0.341 e. The topological polar surface area (TPSA) is 46.3 Å². The SMILES string of the molecule is CC(N)C(=O)N1CCC2(CC1)CC2.Cl. The van der Waals surface area contributed by atoms with Crippen molar-refractivity contribution in [2.75, 3.05) is 13.1 Å². The van der Waals surface area contributed by atoms with E-state index in [4.69, 9.17) is 5.73 Å². The van der Waals surface area contributed by atoms with Crippen LogP contribution in [0.4, 0.5) is 0 Å². The van der Waals surface area contributed by atoms with E-state index in [-0.39, 0.29) is 24.4 Å². The van der Waals surface area contributed by atoms with E-state index >= 15 is 0 Å². The maximum absolute atomic E-state index is 11.5. The molecule has 2 rings (SSSR count). The van der Waals surface area contributed by atoms with Crippen LogP contribution in [0.1, 0.15) is 32.6 Å². The van der Waals surface area contributed by atoms with Crippen molar-refractivity contribution >= 4 is 18.3 Å². The van der Waals surface area contributed by atoms with Crippen LogP contribution in [0.15, 0.2) is 0 Å². The number of likely N-dealkylation sites (tertiary alicyclic amines) is 1. The van der Waals surface area contributed by atoms with Crippen LogP contribution in [-0.4, -0.2) is 29.9 Å². The molecule has 2 fully saturated rings. The molecule has 0 aromatic carbocycles. The van der Waals surface area contributed by atoms with Gasteiger partial charge in [0, 0.05) is 13.1 Å². The average Bonchev–Trinajstić information content (AvgIpc) is 2.85. The third kappa shape index (κ3) is 2.20. The first-order valence-electron chi connectivity index (χ1n) is 5.17. The van der Waals surface area contributed by atoms with Crippen molar-refractivity contribution in [3.8, 4) is 0 Å². The van der Waals surface area contributed by atoms with E-state index < -0.39 is 0 Å². The van der Waals surface area contributed by atoms with Crippen LogP contribution in [0, 0.1) is 5.41 Å². The Balaban J connectivity index is 0.000000980. The Morgan fingerprint density at radius 3 is 2.14 bits per heavy atom. The van der Waals surface area contributed by atoms with E-state index in [9.17, 15) is 4.79 Å². The van der Waals surface area contributed by atoms with E-state index in [1.165, 1.54) is 25.7 Å². The van der Waals surface area contributed by atoms with Gasteiger partial charge in [0.25, 0.3) is 0 Å². The van der Waals surface area contributed by atoms with Gasteiger partial charge in [-0.15, -0.1) is 12.4 Å². The number of amides is 1. The monoisotopic (exact) mass is 218 g/mol. The molecule has 1 heterocycles. The third-order valence-electron chi connectivity index (χ3n) is 3.48. The van der Waals surface area contributed by atoms with Gasteiger partial charge in [-0.2, -0.15) is 0 Å². The van der Waals surface area contributed by atoms with Gasteiger partial charge in [-0.3, -0.25) is 4.79 Å². The van der Waals surface area contributed by atoms with Crippen molar-refractivity contribution in [3.63, 3.8) is 0 Å². The lowest BCUT2D eigenvalue weighted by molar-refractivity contribution is -0.133. The van der Waals surface area contributed by atoms with Gasteiger partial charge < -0.3 is 10.6 Å². The van der Waals surface area contributed by atoms with E-state index in [0.717, 1.165) is 13.1 Å². The molecule has 82 valence electrons. The molecule has 0 radical (unpaired) electrons. The fraction of sp³-hybridized carbons (Fsp3) is 0.900. The van der Waals surface area contributed by atoms with Gasteiger partial charge in [0.15, 0.2) is 0 Å². The van der Waals surface area contributed by atoms with Crippen molar-refractivity contribution in [2.24, 2.45) is 11.1 Å². The van der Waals surface area contributed by atoms with Crippen molar-refractivity contribution < 1.29 is 4.79 Å². The summed E-state index contributed by atoms with van der Waals surface area (Å²) in [4.78, 5) is 13.5. The predicted octanol–water partition coefficient (Wildman–Crippen LogP) is 1.16. The molecule has 3 nitrogen and oxygen atoms in total. The summed E-state index contributed by atoms with van der Waals surface area (Å²) in [6.07, 6.45) is 5.16. The summed E-state index contributed by atoms with van der Waals surface area (Å²) in [6, 6.07) is -0.326. The quantitative estimate of drug-likeness (QED) is 0.718. The molecule has 2 N–H and O–H groups in total. The highest BCUT2D eigenvalue weighted by Gasteiger charge is 2.45. The van der Waals surface area contributed by atoms with Crippen LogP contribution >= 0.6 is 12.4 Å². The molecule has 1 spiro atoms. The molecular weight excluding hydrogens is 200 g/mol. The summed E-state index contributed by atoms with van der Waals surface area (Å²) >= 11 is 0. The van der Waals surface area contributed by atoms with Crippen LogP contribution in [0.2, 0.25) is 0 Å². The fourth-order valence-electron chi connectivity index (χ4n) is 2.17. The summed E-state index contributed by atoms with van der Waals surface area (Å²) in [5, 5.41) is 0. The van der Waals surface area contributed by atoms with Crippen LogP contribution in [0.3, 0.4) is 0 Å². The second-order valence-electron chi connectivity index (χ2n) is 4.61. The number of piperidine rings is 1. The van der Waals surface area contributed by atoms with Crippen LogP contribution in [-0.2, 0) is 4.79 Å². The van der Waals surface area contributed by atoms with E-state index in [0.29, 0.717) is 5.41 Å². The number of hydrogen-bond acceptors (Lipinski definition) is 2.